The molecule has 162 valence electrons. The minimum Gasteiger partial charge on any atom is -0.493 e. The fourth-order valence-electron chi connectivity index (χ4n) is 3.66. The minimum atomic E-state index is -0.610. The van der Waals surface area contributed by atoms with Gasteiger partial charge >= 0.3 is 5.97 Å². The molecule has 1 saturated heterocycles. The number of nitrogens with one attached hydrogen (secondary N) is 2. The van der Waals surface area contributed by atoms with E-state index in [1.54, 1.807) is 12.1 Å². The molecule has 10 nitrogen and oxygen atoms in total. The van der Waals surface area contributed by atoms with Crippen molar-refractivity contribution in [2.75, 3.05) is 46.3 Å². The van der Waals surface area contributed by atoms with Crippen molar-refractivity contribution in [1.29, 1.82) is 0 Å². The lowest BCUT2D eigenvalue weighted by Gasteiger charge is -2.29. The van der Waals surface area contributed by atoms with Crippen molar-refractivity contribution in [2.24, 2.45) is 11.7 Å². The van der Waals surface area contributed by atoms with Gasteiger partial charge in [-0.1, -0.05) is 0 Å². The topological polar surface area (TPSA) is 136 Å². The van der Waals surface area contributed by atoms with Crippen LogP contribution < -0.4 is 20.5 Å². The number of esters is 1. The van der Waals surface area contributed by atoms with E-state index in [2.05, 4.69) is 10.3 Å². The first kappa shape index (κ1) is 21.4. The molecule has 0 radical (unpaired) electrons. The van der Waals surface area contributed by atoms with Gasteiger partial charge in [-0.05, 0) is 32.0 Å². The highest BCUT2D eigenvalue weighted by Crippen LogP contribution is 2.37. The predicted octanol–water partition coefficient (Wildman–Crippen LogP) is 1.11. The van der Waals surface area contributed by atoms with E-state index in [1.807, 2.05) is 4.90 Å². The smallest absolute Gasteiger partial charge is 0.356 e. The third-order valence-electron chi connectivity index (χ3n) is 5.31. The van der Waals surface area contributed by atoms with Crippen LogP contribution in [0, 0.1) is 5.92 Å². The number of H-pyrrole nitrogens is 1. The van der Waals surface area contributed by atoms with Gasteiger partial charge in [-0.15, -0.1) is 0 Å². The van der Waals surface area contributed by atoms with E-state index >= 15 is 0 Å². The normalized spacial score (nSPS) is 15.0. The summed E-state index contributed by atoms with van der Waals surface area (Å²) < 4.78 is 15.5. The Morgan fingerprint density at radius 1 is 1.13 bits per heavy atom. The summed E-state index contributed by atoms with van der Waals surface area (Å²) in [5, 5.41) is 3.41. The van der Waals surface area contributed by atoms with Gasteiger partial charge in [0.1, 0.15) is 5.69 Å². The highest BCUT2D eigenvalue weighted by molar-refractivity contribution is 6.11. The van der Waals surface area contributed by atoms with E-state index < -0.39 is 5.97 Å². The Bertz CT molecular complexity index is 962. The van der Waals surface area contributed by atoms with Crippen LogP contribution in [0.25, 0.3) is 10.9 Å². The minimum absolute atomic E-state index is 0.128. The van der Waals surface area contributed by atoms with Gasteiger partial charge in [-0.2, -0.15) is 0 Å². The molecular weight excluding hydrogens is 392 g/mol. The largest absolute Gasteiger partial charge is 0.493 e. The zero-order valence-electron chi connectivity index (χ0n) is 17.2. The first-order valence-electron chi connectivity index (χ1n) is 9.55. The quantitative estimate of drug-likeness (QED) is 0.573. The molecule has 30 heavy (non-hydrogen) atoms. The van der Waals surface area contributed by atoms with Gasteiger partial charge in [0.05, 0.1) is 39.1 Å². The van der Waals surface area contributed by atoms with E-state index in [4.69, 9.17) is 19.9 Å². The van der Waals surface area contributed by atoms with E-state index in [0.29, 0.717) is 54.0 Å². The standard InChI is InChI=1S/C20H26N4O6/c1-28-14-8-12-13(9-15(14)29-2)22-18(20(27)30-3)17(12)23-16(25)10-24-6-4-11(5-7-24)19(21)26/h8-9,11,22H,4-7,10H2,1-3H3,(H2,21,26)(H,23,25). The van der Waals surface area contributed by atoms with Crippen LogP contribution >= 0.6 is 0 Å². The van der Waals surface area contributed by atoms with Crippen LogP contribution in [0.1, 0.15) is 23.3 Å². The summed E-state index contributed by atoms with van der Waals surface area (Å²) in [5.41, 5.74) is 6.39. The molecule has 3 rings (SSSR count). The van der Waals surface area contributed by atoms with Gasteiger partial charge in [0.25, 0.3) is 0 Å². The fourth-order valence-corrected chi connectivity index (χ4v) is 3.66. The molecule has 0 saturated carbocycles. The molecule has 4 N–H and O–H groups in total. The Morgan fingerprint density at radius 3 is 2.33 bits per heavy atom. The number of benzene rings is 1. The van der Waals surface area contributed by atoms with Gasteiger partial charge in [-0.3, -0.25) is 14.5 Å². The number of ether oxygens (including phenoxy) is 3. The maximum absolute atomic E-state index is 12.7. The maximum Gasteiger partial charge on any atom is 0.356 e. The average Bonchev–Trinajstić information content (AvgIpc) is 3.09. The van der Waals surface area contributed by atoms with E-state index in [-0.39, 0.29) is 30.0 Å². The molecular formula is C20H26N4O6. The van der Waals surface area contributed by atoms with Crippen LogP contribution in [-0.2, 0) is 14.3 Å². The number of methoxy groups -OCH3 is 3. The molecule has 1 aromatic heterocycles. The van der Waals surface area contributed by atoms with Crippen LogP contribution in [0.5, 0.6) is 11.5 Å². The van der Waals surface area contributed by atoms with Crippen molar-refractivity contribution in [3.63, 3.8) is 0 Å². The molecule has 0 spiro atoms. The Labute approximate surface area is 173 Å². The van der Waals surface area contributed by atoms with Crippen LogP contribution in [-0.4, -0.2) is 68.6 Å². The molecule has 1 aliphatic heterocycles. The second-order valence-corrected chi connectivity index (χ2v) is 7.12. The number of rotatable bonds is 7. The molecule has 2 amide bonds. The van der Waals surface area contributed by atoms with Crippen molar-refractivity contribution in [3.8, 4) is 11.5 Å². The monoisotopic (exact) mass is 418 g/mol. The van der Waals surface area contributed by atoms with Crippen molar-refractivity contribution in [3.05, 3.63) is 17.8 Å². The van der Waals surface area contributed by atoms with Crippen molar-refractivity contribution < 1.29 is 28.6 Å². The molecule has 2 heterocycles. The van der Waals surface area contributed by atoms with Crippen LogP contribution in [0.4, 0.5) is 5.69 Å². The lowest BCUT2D eigenvalue weighted by Crippen LogP contribution is -2.42. The summed E-state index contributed by atoms with van der Waals surface area (Å²) >= 11 is 0. The van der Waals surface area contributed by atoms with Crippen LogP contribution in [0.3, 0.4) is 0 Å². The highest BCUT2D eigenvalue weighted by Gasteiger charge is 2.26. The lowest BCUT2D eigenvalue weighted by atomic mass is 9.96. The van der Waals surface area contributed by atoms with E-state index in [0.717, 1.165) is 0 Å². The van der Waals surface area contributed by atoms with Crippen LogP contribution in [0.2, 0.25) is 0 Å². The first-order valence-corrected chi connectivity index (χ1v) is 9.55. The van der Waals surface area contributed by atoms with E-state index in [9.17, 15) is 14.4 Å². The van der Waals surface area contributed by atoms with Gasteiger partial charge < -0.3 is 30.2 Å². The average molecular weight is 418 g/mol. The molecule has 1 aliphatic rings. The van der Waals surface area contributed by atoms with Crippen molar-refractivity contribution in [2.45, 2.75) is 12.8 Å². The molecule has 0 atom stereocenters. The zero-order valence-corrected chi connectivity index (χ0v) is 17.2. The number of anilines is 1. The predicted molar refractivity (Wildman–Crippen MR) is 110 cm³/mol. The van der Waals surface area contributed by atoms with Gasteiger partial charge in [-0.25, -0.2) is 4.79 Å². The summed E-state index contributed by atoms with van der Waals surface area (Å²) in [4.78, 5) is 41.2. The van der Waals surface area contributed by atoms with Crippen LogP contribution in [0.15, 0.2) is 12.1 Å². The Kier molecular flexibility index (Phi) is 6.46. The SMILES string of the molecule is COC(=O)c1[nH]c2cc(OC)c(OC)cc2c1NC(=O)CN1CCC(C(N)=O)CC1. The molecule has 10 heteroatoms. The molecule has 0 bridgehead atoms. The highest BCUT2D eigenvalue weighted by atomic mass is 16.5. The lowest BCUT2D eigenvalue weighted by molar-refractivity contribution is -0.123. The van der Waals surface area contributed by atoms with Crippen molar-refractivity contribution in [1.82, 2.24) is 9.88 Å². The molecule has 2 aromatic rings. The number of aromatic amines is 1. The van der Waals surface area contributed by atoms with E-state index in [1.165, 1.54) is 21.3 Å². The number of nitrogens with two attached hydrogens (primary N) is 1. The second kappa shape index (κ2) is 9.04. The summed E-state index contributed by atoms with van der Waals surface area (Å²) in [6.45, 7) is 1.33. The number of aromatic nitrogens is 1. The van der Waals surface area contributed by atoms with Crippen molar-refractivity contribution >= 4 is 34.4 Å². The number of fused-ring (bicyclic) bond motifs is 1. The summed E-state index contributed by atoms with van der Waals surface area (Å²) in [6.07, 6.45) is 1.25. The number of primary amides is 1. The summed E-state index contributed by atoms with van der Waals surface area (Å²) in [7, 11) is 4.28. The summed E-state index contributed by atoms with van der Waals surface area (Å²) in [6, 6.07) is 3.37. The number of nitrogens with zero attached hydrogens (tertiary/aromatic N) is 1. The third-order valence-corrected chi connectivity index (χ3v) is 5.31. The number of hydrogen-bond acceptors (Lipinski definition) is 7. The number of piperidine rings is 1. The number of amides is 2. The number of carbonyl (C=O) groups excluding carboxylic acids is 3. The Balaban J connectivity index is 1.84. The Hall–Kier alpha value is -3.27. The molecule has 0 unspecified atom stereocenters. The summed E-state index contributed by atoms with van der Waals surface area (Å²) in [5.74, 6) is -0.395. The third kappa shape index (κ3) is 4.33. The van der Waals surface area contributed by atoms with Gasteiger partial charge in [0.2, 0.25) is 11.8 Å². The zero-order chi connectivity index (χ0) is 21.8. The maximum atomic E-state index is 12.7. The first-order chi connectivity index (χ1) is 14.4. The number of likely N-dealkylation sites (tertiary alicyclic amines) is 1. The number of hydrogen-bond donors (Lipinski definition) is 3. The van der Waals surface area contributed by atoms with Gasteiger partial charge in [0.15, 0.2) is 11.5 Å². The molecule has 1 fully saturated rings. The molecule has 0 aliphatic carbocycles. The van der Waals surface area contributed by atoms with Gasteiger partial charge in [0, 0.05) is 17.4 Å². The Morgan fingerprint density at radius 2 is 1.77 bits per heavy atom. The molecule has 1 aromatic carbocycles. The number of carbonyl (C=O) groups is 3. The fraction of sp³-hybridized carbons (Fsp3) is 0.450. The second-order valence-electron chi connectivity index (χ2n) is 7.12.